The van der Waals surface area contributed by atoms with Crippen LogP contribution in [0.2, 0.25) is 0 Å². The predicted octanol–water partition coefficient (Wildman–Crippen LogP) is 4.75. The van der Waals surface area contributed by atoms with Crippen molar-refractivity contribution in [1.29, 1.82) is 0 Å². The van der Waals surface area contributed by atoms with Crippen molar-refractivity contribution in [3.05, 3.63) is 0 Å². The third kappa shape index (κ3) is 3.84. The van der Waals surface area contributed by atoms with E-state index in [0.717, 1.165) is 18.5 Å². The highest BCUT2D eigenvalue weighted by Crippen LogP contribution is 2.91. The second kappa shape index (κ2) is 5.47. The van der Waals surface area contributed by atoms with Gasteiger partial charge in [-0.25, -0.2) is 0 Å². The summed E-state index contributed by atoms with van der Waals surface area (Å²) in [7, 11) is 0. The van der Waals surface area contributed by atoms with Crippen LogP contribution in [0.5, 0.6) is 0 Å². The molecular weight excluding hydrogens is 325 g/mol. The molecule has 1 aliphatic heterocycles. The summed E-state index contributed by atoms with van der Waals surface area (Å²) in [6, 6.07) is 0. The first-order valence-electron chi connectivity index (χ1n) is 4.71. The Morgan fingerprint density at radius 3 is 1.53 bits per heavy atom. The second-order valence-corrected chi connectivity index (χ2v) is 22.2. The van der Waals surface area contributed by atoms with E-state index >= 15 is 0 Å². The Morgan fingerprint density at radius 1 is 0.867 bits per heavy atom. The lowest BCUT2D eigenvalue weighted by Gasteiger charge is -2.39. The minimum absolute atomic E-state index is 0.736. The zero-order valence-electron chi connectivity index (χ0n) is 8.91. The van der Waals surface area contributed by atoms with Gasteiger partial charge in [-0.3, -0.25) is 8.62 Å². The second-order valence-electron chi connectivity index (χ2n) is 3.03. The normalized spacial score (nSPS) is 46.6. The number of hydrogen-bond acceptors (Lipinski definition) is 6. The van der Waals surface area contributed by atoms with Gasteiger partial charge < -0.3 is 0 Å². The highest BCUT2D eigenvalue weighted by atomic mass is 33.2. The molecule has 2 atom stereocenters. The smallest absolute Gasteiger partial charge is 0.197 e. The van der Waals surface area contributed by atoms with Gasteiger partial charge in [0, 0.05) is 18.5 Å². The van der Waals surface area contributed by atoms with Crippen LogP contribution < -0.4 is 0 Å². The third-order valence-electron chi connectivity index (χ3n) is 1.91. The molecule has 2 unspecified atom stereocenters. The SMILES string of the molecule is CCP1(=S)OP(=S)(CC)SP(=S)(CC)O1. The summed E-state index contributed by atoms with van der Waals surface area (Å²) >= 11 is 18.2. The fourth-order valence-corrected chi connectivity index (χ4v) is 30.9. The first kappa shape index (κ1) is 15.3. The molecule has 15 heavy (non-hydrogen) atoms. The first-order chi connectivity index (χ1) is 6.80. The van der Waals surface area contributed by atoms with Gasteiger partial charge in [0.1, 0.15) is 10.9 Å². The van der Waals surface area contributed by atoms with Crippen molar-refractivity contribution >= 4 is 63.8 Å². The zero-order valence-corrected chi connectivity index (χ0v) is 14.9. The summed E-state index contributed by atoms with van der Waals surface area (Å²) in [6.07, 6.45) is 2.44. The predicted molar refractivity (Wildman–Crippen MR) is 84.2 cm³/mol. The van der Waals surface area contributed by atoms with E-state index in [1.807, 2.05) is 6.92 Å². The van der Waals surface area contributed by atoms with Gasteiger partial charge >= 0.3 is 0 Å². The third-order valence-corrected chi connectivity index (χ3v) is 25.8. The maximum absolute atomic E-state index is 5.91. The number of hydrogen-bond donors (Lipinski definition) is 0. The van der Waals surface area contributed by atoms with Crippen molar-refractivity contribution < 1.29 is 8.62 Å². The van der Waals surface area contributed by atoms with Gasteiger partial charge in [0.05, 0.1) is 0 Å². The van der Waals surface area contributed by atoms with Crippen LogP contribution in [-0.2, 0) is 44.0 Å². The monoisotopic (exact) mass is 340 g/mol. The van der Waals surface area contributed by atoms with Crippen LogP contribution in [0.25, 0.3) is 0 Å². The largest absolute Gasteiger partial charge is 0.286 e. The van der Waals surface area contributed by atoms with Gasteiger partial charge in [-0.2, -0.15) is 0 Å². The standard InChI is InChI=1S/C6H15O2P3S4/c1-4-9(12)7-10(13,5-2)15-11(14,6-3)8-9/h4-6H2,1-3H3. The molecule has 0 aromatic carbocycles. The lowest BCUT2D eigenvalue weighted by molar-refractivity contribution is 0.551. The number of rotatable bonds is 3. The zero-order chi connectivity index (χ0) is 11.7. The maximum atomic E-state index is 5.91. The van der Waals surface area contributed by atoms with E-state index in [-0.39, 0.29) is 0 Å². The van der Waals surface area contributed by atoms with Gasteiger partial charge in [-0.1, -0.05) is 44.4 Å². The van der Waals surface area contributed by atoms with E-state index in [2.05, 4.69) is 13.8 Å². The molecule has 90 valence electrons. The van der Waals surface area contributed by atoms with Gasteiger partial charge in [0.25, 0.3) is 0 Å². The summed E-state index contributed by atoms with van der Waals surface area (Å²) < 4.78 is 11.8. The molecule has 0 bridgehead atoms. The molecule has 1 rings (SSSR count). The van der Waals surface area contributed by atoms with Gasteiger partial charge in [-0.15, -0.1) is 0 Å². The van der Waals surface area contributed by atoms with Crippen molar-refractivity contribution in [3.8, 4) is 0 Å². The molecule has 1 aliphatic rings. The summed E-state index contributed by atoms with van der Waals surface area (Å²) in [4.78, 5) is 0. The Labute approximate surface area is 111 Å². The molecule has 1 saturated heterocycles. The quantitative estimate of drug-likeness (QED) is 0.685. The van der Waals surface area contributed by atoms with E-state index in [4.69, 9.17) is 44.0 Å². The topological polar surface area (TPSA) is 18.5 Å². The van der Waals surface area contributed by atoms with Crippen molar-refractivity contribution in [1.82, 2.24) is 0 Å². The van der Waals surface area contributed by atoms with Crippen LogP contribution in [0, 0.1) is 0 Å². The Balaban J connectivity index is 3.09. The van der Waals surface area contributed by atoms with Crippen LogP contribution in [0.3, 0.4) is 0 Å². The molecule has 0 radical (unpaired) electrons. The summed E-state index contributed by atoms with van der Waals surface area (Å²) in [5, 5.41) is 0. The molecule has 0 spiro atoms. The van der Waals surface area contributed by atoms with Crippen LogP contribution in [0.15, 0.2) is 0 Å². The minimum Gasteiger partial charge on any atom is -0.286 e. The van der Waals surface area contributed by atoms with E-state index in [9.17, 15) is 0 Å². The van der Waals surface area contributed by atoms with Gasteiger partial charge in [0.15, 0.2) is 6.49 Å². The minimum atomic E-state index is -2.17. The summed E-state index contributed by atoms with van der Waals surface area (Å²) in [6.45, 7) is 3.95. The first-order valence-corrected chi connectivity index (χ1v) is 15.4. The summed E-state index contributed by atoms with van der Waals surface area (Å²) in [5.74, 6) is 0. The van der Waals surface area contributed by atoms with Crippen LogP contribution in [-0.4, -0.2) is 18.5 Å². The molecule has 0 aromatic rings. The average molecular weight is 340 g/mol. The average Bonchev–Trinajstić information content (AvgIpc) is 2.16. The van der Waals surface area contributed by atoms with Crippen molar-refractivity contribution in [2.24, 2.45) is 0 Å². The lowest BCUT2D eigenvalue weighted by atomic mass is 11.0. The van der Waals surface area contributed by atoms with Gasteiger partial charge in [-0.05, 0) is 22.8 Å². The highest BCUT2D eigenvalue weighted by Gasteiger charge is 2.41. The molecule has 2 nitrogen and oxygen atoms in total. The van der Waals surface area contributed by atoms with E-state index in [1.54, 1.807) is 11.0 Å². The van der Waals surface area contributed by atoms with Crippen LogP contribution in [0.1, 0.15) is 20.8 Å². The van der Waals surface area contributed by atoms with E-state index < -0.39 is 17.4 Å². The molecule has 1 heterocycles. The summed E-state index contributed by atoms with van der Waals surface area (Å²) in [5.41, 5.74) is -3.71. The molecular formula is C6H15O2P3S4. The molecule has 0 aromatic heterocycles. The van der Waals surface area contributed by atoms with E-state index in [1.165, 1.54) is 0 Å². The maximum Gasteiger partial charge on any atom is 0.197 e. The van der Waals surface area contributed by atoms with Crippen LogP contribution in [0.4, 0.5) is 0 Å². The molecule has 9 heteroatoms. The molecule has 0 amide bonds. The lowest BCUT2D eigenvalue weighted by Crippen LogP contribution is -2.01. The van der Waals surface area contributed by atoms with Crippen molar-refractivity contribution in [2.45, 2.75) is 20.8 Å². The Kier molecular flexibility index (Phi) is 5.57. The van der Waals surface area contributed by atoms with Crippen molar-refractivity contribution in [3.63, 3.8) is 0 Å². The molecule has 0 saturated carbocycles. The highest BCUT2D eigenvalue weighted by molar-refractivity contribution is 8.99. The Hall–Kier alpha value is 2.22. The van der Waals surface area contributed by atoms with Gasteiger partial charge in [0.2, 0.25) is 0 Å². The molecule has 1 fully saturated rings. The molecule has 0 N–H and O–H groups in total. The van der Waals surface area contributed by atoms with E-state index in [0.29, 0.717) is 0 Å². The fraction of sp³-hybridized carbons (Fsp3) is 1.00. The van der Waals surface area contributed by atoms with Crippen molar-refractivity contribution in [2.75, 3.05) is 18.5 Å². The Morgan fingerprint density at radius 2 is 1.27 bits per heavy atom. The Bertz CT molecular complexity index is 308. The fourth-order valence-electron chi connectivity index (χ4n) is 0.960. The van der Waals surface area contributed by atoms with Crippen LogP contribution >= 0.6 is 28.4 Å². The molecule has 0 aliphatic carbocycles.